The molecule has 1 aliphatic heterocycles. The Morgan fingerprint density at radius 1 is 1.83 bits per heavy atom. The number of rotatable bonds is 0. The number of nitrogens with zero attached hydrogens (tertiary/aromatic N) is 2. The van der Waals surface area contributed by atoms with Crippen LogP contribution in [0.15, 0.2) is 5.11 Å². The lowest BCUT2D eigenvalue weighted by molar-refractivity contribution is -0.580. The van der Waals surface area contributed by atoms with Gasteiger partial charge in [-0.15, -0.1) is 0 Å². The van der Waals surface area contributed by atoms with Crippen LogP contribution >= 0.6 is 0 Å². The summed E-state index contributed by atoms with van der Waals surface area (Å²) in [4.78, 5) is 0.375. The van der Waals surface area contributed by atoms with E-state index in [4.69, 9.17) is 0 Å². The smallest absolute Gasteiger partial charge is 0.177 e. The molecule has 0 saturated carbocycles. The average Bonchev–Trinajstić information content (AvgIpc) is 1.86. The number of nitrogens with one attached hydrogen (secondary N) is 2. The summed E-state index contributed by atoms with van der Waals surface area (Å²) >= 11 is 0. The summed E-state index contributed by atoms with van der Waals surface area (Å²) in [5.41, 5.74) is 4.65. The summed E-state index contributed by atoms with van der Waals surface area (Å²) in [6.07, 6.45) is 0. The van der Waals surface area contributed by atoms with Gasteiger partial charge >= 0.3 is 0 Å². The Kier molecular flexibility index (Phi) is 0.612. The highest BCUT2D eigenvalue weighted by molar-refractivity contribution is 4.22. The van der Waals surface area contributed by atoms with Crippen LogP contribution in [0.3, 0.4) is 0 Å². The number of hydrogen-bond donors (Lipinski definition) is 2. The molecule has 5 nitrogen and oxygen atoms in total. The lowest BCUT2D eigenvalue weighted by atomic mass is 11.2. The molecule has 0 aromatic rings. The second-order valence-electron chi connectivity index (χ2n) is 0.861. The van der Waals surface area contributed by atoms with Crippen LogP contribution < -0.4 is 11.0 Å². The van der Waals surface area contributed by atoms with Gasteiger partial charge in [0.1, 0.15) is 0 Å². The van der Waals surface area contributed by atoms with Gasteiger partial charge in [0.05, 0.1) is 0 Å². The van der Waals surface area contributed by atoms with E-state index in [-0.39, 0.29) is 0 Å². The molecule has 1 aliphatic rings. The zero-order valence-corrected chi connectivity index (χ0v) is 3.01. The van der Waals surface area contributed by atoms with Crippen LogP contribution in [-0.2, 0) is 0 Å². The minimum absolute atomic E-state index is 0.365. The van der Waals surface area contributed by atoms with Crippen molar-refractivity contribution >= 4 is 0 Å². The van der Waals surface area contributed by atoms with Crippen LogP contribution in [0.1, 0.15) is 0 Å². The molecular weight excluding hydrogens is 84.0 g/mol. The van der Waals surface area contributed by atoms with E-state index >= 15 is 0 Å². The summed E-state index contributed by atoms with van der Waals surface area (Å²) in [7, 11) is 0. The zero-order chi connectivity index (χ0) is 4.41. The minimum atomic E-state index is 0.365. The second kappa shape index (κ2) is 1.09. The monoisotopic (exact) mass is 88.0 g/mol. The van der Waals surface area contributed by atoms with Gasteiger partial charge in [-0.05, 0) is 0 Å². The van der Waals surface area contributed by atoms with E-state index in [0.717, 1.165) is 0 Å². The third-order valence-electron chi connectivity index (χ3n) is 0.453. The highest BCUT2D eigenvalue weighted by atomic mass is 16.5. The van der Waals surface area contributed by atoms with Gasteiger partial charge in [-0.25, -0.2) is 0 Å². The molecular formula is CH4N4O. The van der Waals surface area contributed by atoms with Crippen molar-refractivity contribution in [2.45, 2.75) is 0 Å². The first-order valence-corrected chi connectivity index (χ1v) is 1.53. The Hall–Kier alpha value is -0.840. The summed E-state index contributed by atoms with van der Waals surface area (Å²) in [5.74, 6) is 0. The first-order valence-electron chi connectivity index (χ1n) is 1.53. The van der Waals surface area contributed by atoms with E-state index in [1.165, 1.54) is 0 Å². The third kappa shape index (κ3) is 0.389. The van der Waals surface area contributed by atoms with E-state index in [2.05, 4.69) is 16.1 Å². The van der Waals surface area contributed by atoms with Crippen LogP contribution in [0, 0.1) is 5.21 Å². The molecule has 34 valence electrons. The third-order valence-corrected chi connectivity index (χ3v) is 0.453. The van der Waals surface area contributed by atoms with Gasteiger partial charge in [0.15, 0.2) is 6.67 Å². The van der Waals surface area contributed by atoms with Gasteiger partial charge in [0, 0.05) is 10.1 Å². The highest BCUT2D eigenvalue weighted by Crippen LogP contribution is 1.70. The maximum absolute atomic E-state index is 9.82. The molecule has 0 unspecified atom stereocenters. The van der Waals surface area contributed by atoms with Crippen LogP contribution in [0.25, 0.3) is 0 Å². The molecule has 0 saturated heterocycles. The van der Waals surface area contributed by atoms with Gasteiger partial charge in [-0.3, -0.25) is 0 Å². The second-order valence-corrected chi connectivity index (χ2v) is 0.861. The quantitative estimate of drug-likeness (QED) is 0.293. The van der Waals surface area contributed by atoms with Crippen molar-refractivity contribution in [1.82, 2.24) is 11.0 Å². The maximum Gasteiger partial charge on any atom is 0.177 e. The first-order chi connectivity index (χ1) is 2.89. The Morgan fingerprint density at radius 2 is 2.67 bits per heavy atom. The first kappa shape index (κ1) is 3.35. The van der Waals surface area contributed by atoms with Crippen molar-refractivity contribution in [2.75, 3.05) is 6.67 Å². The van der Waals surface area contributed by atoms with Gasteiger partial charge in [0.25, 0.3) is 0 Å². The fourth-order valence-corrected chi connectivity index (χ4v) is 0.238. The number of hydrazine groups is 2. The lowest BCUT2D eigenvalue weighted by Crippen LogP contribution is -2.28. The molecule has 0 amide bonds. The predicted octanol–water partition coefficient (Wildman–Crippen LogP) is -1.07. The van der Waals surface area contributed by atoms with E-state index in [1.54, 1.807) is 0 Å². The molecule has 0 aromatic heterocycles. The molecule has 5 heteroatoms. The summed E-state index contributed by atoms with van der Waals surface area (Å²) < 4.78 is 0. The summed E-state index contributed by atoms with van der Waals surface area (Å²) in [5, 5.41) is 13.1. The van der Waals surface area contributed by atoms with Crippen LogP contribution in [0.4, 0.5) is 0 Å². The normalized spacial score (nSPS) is 19.7. The van der Waals surface area contributed by atoms with Crippen LogP contribution in [0.5, 0.6) is 0 Å². The summed E-state index contributed by atoms with van der Waals surface area (Å²) in [6.45, 7) is 0.365. The molecule has 0 spiro atoms. The molecule has 0 bridgehead atoms. The molecule has 1 rings (SSSR count). The predicted molar refractivity (Wildman–Crippen MR) is 17.2 cm³/mol. The maximum atomic E-state index is 9.82. The van der Waals surface area contributed by atoms with Gasteiger partial charge < -0.3 is 5.21 Å². The highest BCUT2D eigenvalue weighted by Gasteiger charge is 1.97. The number of hydrogen-bond acceptors (Lipinski definition) is 4. The van der Waals surface area contributed by atoms with Gasteiger partial charge in [0.2, 0.25) is 0 Å². The van der Waals surface area contributed by atoms with Crippen LogP contribution in [-0.4, -0.2) is 11.6 Å². The van der Waals surface area contributed by atoms with Gasteiger partial charge in [-0.2, -0.15) is 5.43 Å². The van der Waals surface area contributed by atoms with Crippen molar-refractivity contribution in [1.29, 1.82) is 0 Å². The largest absolute Gasteiger partial charge is 0.571 e. The molecule has 0 fully saturated rings. The SMILES string of the molecule is [O-][N+]1=NCNN1. The molecule has 2 N–H and O–H groups in total. The molecule has 0 aromatic carbocycles. The Bertz CT molecular complexity index is 77.6. The Morgan fingerprint density at radius 3 is 2.83 bits per heavy atom. The van der Waals surface area contributed by atoms with Crippen molar-refractivity contribution < 1.29 is 4.97 Å². The van der Waals surface area contributed by atoms with Crippen molar-refractivity contribution in [3.63, 3.8) is 0 Å². The Balaban J connectivity index is 2.45. The average molecular weight is 88.1 g/mol. The van der Waals surface area contributed by atoms with Gasteiger partial charge in [-0.1, -0.05) is 5.53 Å². The van der Waals surface area contributed by atoms with Crippen molar-refractivity contribution in [2.24, 2.45) is 5.11 Å². The van der Waals surface area contributed by atoms with E-state index in [0.29, 0.717) is 11.6 Å². The van der Waals surface area contributed by atoms with Crippen molar-refractivity contribution in [3.05, 3.63) is 5.21 Å². The van der Waals surface area contributed by atoms with E-state index in [9.17, 15) is 5.21 Å². The topological polar surface area (TPSA) is 62.5 Å². The standard InChI is InChI=1S/CH4N4O/c6-5-3-1-2-4-5/h2H,1H2,(H,3,4). The molecule has 6 heavy (non-hydrogen) atoms. The van der Waals surface area contributed by atoms with E-state index in [1.807, 2.05) is 0 Å². The van der Waals surface area contributed by atoms with Crippen LogP contribution in [0.2, 0.25) is 0 Å². The molecule has 1 heterocycles. The Labute approximate surface area is 34.2 Å². The molecule has 0 radical (unpaired) electrons. The summed E-state index contributed by atoms with van der Waals surface area (Å²) in [6, 6.07) is 0. The molecule has 0 aliphatic carbocycles. The fraction of sp³-hybridized carbons (Fsp3) is 1.00. The molecule has 0 atom stereocenters. The van der Waals surface area contributed by atoms with E-state index < -0.39 is 0 Å². The minimum Gasteiger partial charge on any atom is -0.571 e. The zero-order valence-electron chi connectivity index (χ0n) is 3.01. The lowest BCUT2D eigenvalue weighted by Gasteiger charge is -1.86. The fourth-order valence-electron chi connectivity index (χ4n) is 0.238. The van der Waals surface area contributed by atoms with Crippen molar-refractivity contribution in [3.8, 4) is 0 Å².